The van der Waals surface area contributed by atoms with Crippen LogP contribution >= 0.6 is 0 Å². The van der Waals surface area contributed by atoms with E-state index < -0.39 is 0 Å². The first-order valence-electron chi connectivity index (χ1n) is 7.60. The van der Waals surface area contributed by atoms with Gasteiger partial charge in [-0.05, 0) is 64.3 Å². The van der Waals surface area contributed by atoms with E-state index in [0.717, 1.165) is 13.1 Å². The van der Waals surface area contributed by atoms with Crippen molar-refractivity contribution in [2.24, 2.45) is 5.73 Å². The van der Waals surface area contributed by atoms with Gasteiger partial charge < -0.3 is 15.4 Å². The van der Waals surface area contributed by atoms with E-state index in [2.05, 4.69) is 9.64 Å². The molecule has 0 spiro atoms. The third-order valence-corrected chi connectivity index (χ3v) is 3.27. The highest BCUT2D eigenvalue weighted by molar-refractivity contribution is 5.93. The van der Waals surface area contributed by atoms with Gasteiger partial charge in [-0.2, -0.15) is 0 Å². The number of amides is 1. The van der Waals surface area contributed by atoms with Crippen molar-refractivity contribution in [3.63, 3.8) is 0 Å². The summed E-state index contributed by atoms with van der Waals surface area (Å²) in [5.74, 6) is -0.361. The number of rotatable bonds is 3. The molecule has 0 unspecified atom stereocenters. The zero-order valence-electron chi connectivity index (χ0n) is 13.7. The third kappa shape index (κ3) is 6.61. The number of nitrogens with two attached hydrogens (primary N) is 1. The number of benzene rings is 1. The number of carbonyl (C=O) groups is 2. The first-order valence-corrected chi connectivity index (χ1v) is 7.60. The van der Waals surface area contributed by atoms with Gasteiger partial charge in [-0.25, -0.2) is 0 Å². The lowest BCUT2D eigenvalue weighted by molar-refractivity contribution is -0.138. The van der Waals surface area contributed by atoms with Crippen molar-refractivity contribution >= 4 is 18.1 Å². The van der Waals surface area contributed by atoms with Gasteiger partial charge in [0.05, 0.1) is 0 Å². The Balaban J connectivity index is 0.000000295. The SMILES string of the molecule is CC(C)(C)OC=O.NC(=O)c1ccc(N2CCCCC2)cc1. The van der Waals surface area contributed by atoms with E-state index in [9.17, 15) is 9.59 Å². The summed E-state index contributed by atoms with van der Waals surface area (Å²) < 4.78 is 4.55. The van der Waals surface area contributed by atoms with Gasteiger partial charge >= 0.3 is 0 Å². The molecule has 22 heavy (non-hydrogen) atoms. The topological polar surface area (TPSA) is 72.6 Å². The van der Waals surface area contributed by atoms with E-state index >= 15 is 0 Å². The van der Waals surface area contributed by atoms with Gasteiger partial charge in [0.25, 0.3) is 6.47 Å². The second kappa shape index (κ2) is 8.41. The van der Waals surface area contributed by atoms with Crippen molar-refractivity contribution < 1.29 is 14.3 Å². The summed E-state index contributed by atoms with van der Waals surface area (Å²) in [6.07, 6.45) is 3.85. The molecule has 5 nitrogen and oxygen atoms in total. The van der Waals surface area contributed by atoms with Crippen LogP contribution in [-0.2, 0) is 9.53 Å². The number of nitrogens with zero attached hydrogens (tertiary/aromatic N) is 1. The van der Waals surface area contributed by atoms with Crippen molar-refractivity contribution in [1.82, 2.24) is 0 Å². The van der Waals surface area contributed by atoms with Crippen LogP contribution in [0.25, 0.3) is 0 Å². The molecule has 1 fully saturated rings. The summed E-state index contributed by atoms with van der Waals surface area (Å²) in [5.41, 5.74) is 6.65. The zero-order valence-corrected chi connectivity index (χ0v) is 13.7. The molecule has 122 valence electrons. The van der Waals surface area contributed by atoms with Gasteiger partial charge in [-0.1, -0.05) is 0 Å². The largest absolute Gasteiger partial charge is 0.462 e. The van der Waals surface area contributed by atoms with E-state index in [4.69, 9.17) is 5.73 Å². The van der Waals surface area contributed by atoms with Crippen molar-refractivity contribution in [1.29, 1.82) is 0 Å². The summed E-state index contributed by atoms with van der Waals surface area (Å²) in [7, 11) is 0. The number of ether oxygens (including phenoxy) is 1. The van der Waals surface area contributed by atoms with Crippen LogP contribution in [0.3, 0.4) is 0 Å². The molecule has 1 aromatic carbocycles. The second-order valence-corrected chi connectivity index (χ2v) is 6.29. The van der Waals surface area contributed by atoms with Gasteiger partial charge in [-0.15, -0.1) is 0 Å². The number of hydrogen-bond acceptors (Lipinski definition) is 4. The van der Waals surface area contributed by atoms with Gasteiger partial charge in [0.15, 0.2) is 0 Å². The Hall–Kier alpha value is -2.04. The van der Waals surface area contributed by atoms with Crippen molar-refractivity contribution in [3.05, 3.63) is 29.8 Å². The predicted molar refractivity (Wildman–Crippen MR) is 87.9 cm³/mol. The fraction of sp³-hybridized carbons (Fsp3) is 0.529. The Morgan fingerprint density at radius 3 is 2.05 bits per heavy atom. The van der Waals surface area contributed by atoms with Crippen molar-refractivity contribution in [2.45, 2.75) is 45.6 Å². The Kier molecular flexibility index (Phi) is 6.89. The first-order chi connectivity index (χ1) is 10.3. The van der Waals surface area contributed by atoms with Crippen LogP contribution in [-0.4, -0.2) is 31.1 Å². The highest BCUT2D eigenvalue weighted by Crippen LogP contribution is 2.19. The standard InChI is InChI=1S/C12H16N2O.C5H10O2/c13-12(15)10-4-6-11(7-5-10)14-8-2-1-3-9-14;1-5(2,3)7-4-6/h4-7H,1-3,8-9H2,(H2,13,15);4H,1-3H3. The van der Waals surface area contributed by atoms with Crippen LogP contribution in [0.2, 0.25) is 0 Å². The molecule has 5 heteroatoms. The fourth-order valence-corrected chi connectivity index (χ4v) is 2.13. The lowest BCUT2D eigenvalue weighted by Gasteiger charge is -2.28. The maximum Gasteiger partial charge on any atom is 0.293 e. The smallest absolute Gasteiger partial charge is 0.293 e. The Morgan fingerprint density at radius 1 is 1.14 bits per heavy atom. The summed E-state index contributed by atoms with van der Waals surface area (Å²) in [4.78, 5) is 22.9. The summed E-state index contributed by atoms with van der Waals surface area (Å²) in [6, 6.07) is 7.55. The van der Waals surface area contributed by atoms with E-state index in [-0.39, 0.29) is 11.5 Å². The maximum atomic E-state index is 10.9. The number of anilines is 1. The molecule has 1 aliphatic rings. The number of piperidine rings is 1. The number of carbonyl (C=O) groups excluding carboxylic acids is 2. The Bertz CT molecular complexity index is 472. The van der Waals surface area contributed by atoms with Crippen LogP contribution in [0.5, 0.6) is 0 Å². The molecule has 0 atom stereocenters. The summed E-state index contributed by atoms with van der Waals surface area (Å²) >= 11 is 0. The monoisotopic (exact) mass is 306 g/mol. The van der Waals surface area contributed by atoms with Gasteiger partial charge in [0.1, 0.15) is 5.60 Å². The average molecular weight is 306 g/mol. The van der Waals surface area contributed by atoms with Crippen molar-refractivity contribution in [3.8, 4) is 0 Å². The van der Waals surface area contributed by atoms with Crippen LogP contribution < -0.4 is 10.6 Å². The van der Waals surface area contributed by atoms with Crippen LogP contribution in [0.1, 0.15) is 50.4 Å². The minimum atomic E-state index is -0.361. The molecule has 1 aromatic rings. The minimum absolute atomic E-state index is 0.318. The summed E-state index contributed by atoms with van der Waals surface area (Å²) in [5, 5.41) is 0. The Morgan fingerprint density at radius 2 is 1.68 bits per heavy atom. The molecule has 0 bridgehead atoms. The molecule has 0 aromatic heterocycles. The normalized spacial score (nSPS) is 14.6. The van der Waals surface area contributed by atoms with E-state index in [1.54, 1.807) is 12.1 Å². The van der Waals surface area contributed by atoms with Gasteiger partial charge in [0, 0.05) is 24.3 Å². The first kappa shape index (κ1) is 18.0. The molecule has 1 aliphatic heterocycles. The van der Waals surface area contributed by atoms with E-state index in [1.165, 1.54) is 24.9 Å². The minimum Gasteiger partial charge on any atom is -0.462 e. The Labute approximate surface area is 132 Å². The highest BCUT2D eigenvalue weighted by Gasteiger charge is 2.11. The molecule has 2 rings (SSSR count). The molecule has 0 radical (unpaired) electrons. The van der Waals surface area contributed by atoms with Crippen LogP contribution in [0.15, 0.2) is 24.3 Å². The van der Waals surface area contributed by atoms with Crippen LogP contribution in [0.4, 0.5) is 5.69 Å². The van der Waals surface area contributed by atoms with E-state index in [0.29, 0.717) is 12.0 Å². The zero-order chi connectivity index (χ0) is 16.6. The molecule has 1 saturated heterocycles. The summed E-state index contributed by atoms with van der Waals surface area (Å²) in [6.45, 7) is 8.16. The predicted octanol–water partition coefficient (Wildman–Crippen LogP) is 2.73. The molecule has 1 heterocycles. The maximum absolute atomic E-state index is 10.9. The molecule has 2 N–H and O–H groups in total. The van der Waals surface area contributed by atoms with Gasteiger partial charge in [-0.3, -0.25) is 9.59 Å². The molecule has 0 aliphatic carbocycles. The highest BCUT2D eigenvalue weighted by atomic mass is 16.5. The lowest BCUT2D eigenvalue weighted by atomic mass is 10.1. The number of hydrogen-bond donors (Lipinski definition) is 1. The molecule has 0 saturated carbocycles. The van der Waals surface area contributed by atoms with Crippen LogP contribution in [0, 0.1) is 0 Å². The molecule has 1 amide bonds. The lowest BCUT2D eigenvalue weighted by Crippen LogP contribution is -2.29. The third-order valence-electron chi connectivity index (χ3n) is 3.27. The molecular weight excluding hydrogens is 280 g/mol. The van der Waals surface area contributed by atoms with E-state index in [1.807, 2.05) is 32.9 Å². The number of primary amides is 1. The van der Waals surface area contributed by atoms with Crippen molar-refractivity contribution in [2.75, 3.05) is 18.0 Å². The quantitative estimate of drug-likeness (QED) is 0.872. The average Bonchev–Trinajstić information content (AvgIpc) is 2.48. The molecular formula is C17H26N2O3. The second-order valence-electron chi connectivity index (χ2n) is 6.29. The van der Waals surface area contributed by atoms with Gasteiger partial charge in [0.2, 0.25) is 5.91 Å². The fourth-order valence-electron chi connectivity index (χ4n) is 2.13.